The van der Waals surface area contributed by atoms with E-state index in [4.69, 9.17) is 11.6 Å². The van der Waals surface area contributed by atoms with Gasteiger partial charge in [0.05, 0.1) is 46.1 Å². The molecule has 6 nitrogen and oxygen atoms in total. The summed E-state index contributed by atoms with van der Waals surface area (Å²) in [6, 6.07) is 6.36. The number of aromatic nitrogens is 1. The normalized spacial score (nSPS) is 19.3. The number of piperazine rings is 1. The zero-order valence-electron chi connectivity index (χ0n) is 25.2. The second-order valence-corrected chi connectivity index (χ2v) is 12.7. The Kier molecular flexibility index (Phi) is 9.08. The van der Waals surface area contributed by atoms with Crippen LogP contribution in [0.4, 0.5) is 42.2 Å². The molecule has 2 atom stereocenters. The van der Waals surface area contributed by atoms with Crippen molar-refractivity contribution >= 4 is 29.0 Å². The van der Waals surface area contributed by atoms with Crippen LogP contribution in [0, 0.1) is 5.82 Å². The van der Waals surface area contributed by atoms with E-state index in [0.717, 1.165) is 30.4 Å². The Bertz CT molecular complexity index is 1600. The number of pyridine rings is 1. The van der Waals surface area contributed by atoms with Crippen LogP contribution in [0.2, 0.25) is 5.02 Å². The molecule has 2 aromatic carbocycles. The van der Waals surface area contributed by atoms with Crippen molar-refractivity contribution in [1.29, 1.82) is 0 Å². The highest BCUT2D eigenvalue weighted by Crippen LogP contribution is 2.42. The van der Waals surface area contributed by atoms with Crippen LogP contribution in [0.25, 0.3) is 11.1 Å². The van der Waals surface area contributed by atoms with Crippen LogP contribution >= 0.6 is 11.6 Å². The molecule has 5 rings (SSSR count). The lowest BCUT2D eigenvalue weighted by Crippen LogP contribution is -2.57. The molecule has 0 unspecified atom stereocenters. The van der Waals surface area contributed by atoms with Crippen LogP contribution in [0.15, 0.2) is 48.7 Å². The first-order chi connectivity index (χ1) is 21.4. The molecule has 0 bridgehead atoms. The highest BCUT2D eigenvalue weighted by molar-refractivity contribution is 6.33. The first-order valence-corrected chi connectivity index (χ1v) is 14.9. The molecule has 0 saturated carbocycles. The van der Waals surface area contributed by atoms with E-state index in [0.29, 0.717) is 42.2 Å². The summed E-state index contributed by atoms with van der Waals surface area (Å²) in [5.74, 6) is -0.989. The molecular weight excluding hydrogens is 641 g/mol. The van der Waals surface area contributed by atoms with Crippen LogP contribution in [0.3, 0.4) is 0 Å². The van der Waals surface area contributed by atoms with Gasteiger partial charge in [-0.05, 0) is 81.3 Å². The van der Waals surface area contributed by atoms with Gasteiger partial charge in [0, 0.05) is 37.3 Å². The number of benzene rings is 2. The number of carbonyl (C=O) groups excluding carboxylic acids is 1. The lowest BCUT2D eigenvalue weighted by atomic mass is 9.81. The van der Waals surface area contributed by atoms with E-state index in [1.807, 2.05) is 4.90 Å². The molecule has 1 N–H and O–H groups in total. The highest BCUT2D eigenvalue weighted by atomic mass is 35.5. The number of anilines is 2. The van der Waals surface area contributed by atoms with Crippen molar-refractivity contribution in [3.05, 3.63) is 76.2 Å². The number of aliphatic hydroxyl groups excluding tert-OH is 1. The van der Waals surface area contributed by atoms with Crippen molar-refractivity contribution in [2.75, 3.05) is 43.1 Å². The number of fused-ring (bicyclic) bond motifs is 1. The predicted molar refractivity (Wildman–Crippen MR) is 160 cm³/mol. The van der Waals surface area contributed by atoms with E-state index in [2.05, 4.69) is 9.88 Å². The maximum absolute atomic E-state index is 14.1. The van der Waals surface area contributed by atoms with E-state index in [1.165, 1.54) is 39.2 Å². The van der Waals surface area contributed by atoms with Crippen LogP contribution < -0.4 is 9.80 Å². The lowest BCUT2D eigenvalue weighted by Gasteiger charge is -2.44. The zero-order valence-corrected chi connectivity index (χ0v) is 25.9. The number of halogens is 8. The number of alkyl halides is 6. The van der Waals surface area contributed by atoms with Crippen molar-refractivity contribution in [3.63, 3.8) is 0 Å². The van der Waals surface area contributed by atoms with Gasteiger partial charge >= 0.3 is 12.4 Å². The smallest absolute Gasteiger partial charge is 0.394 e. The minimum Gasteiger partial charge on any atom is -0.394 e. The molecule has 2 saturated heterocycles. The molecule has 2 aliphatic rings. The maximum Gasteiger partial charge on any atom is 0.416 e. The summed E-state index contributed by atoms with van der Waals surface area (Å²) in [5.41, 5.74) is -4.65. The second-order valence-electron chi connectivity index (χ2n) is 12.2. The number of aliphatic hydroxyl groups is 1. The van der Waals surface area contributed by atoms with Crippen molar-refractivity contribution in [2.45, 2.75) is 56.5 Å². The third-order valence-corrected chi connectivity index (χ3v) is 9.21. The van der Waals surface area contributed by atoms with E-state index >= 15 is 0 Å². The number of hydrogen-bond donors (Lipinski definition) is 1. The summed E-state index contributed by atoms with van der Waals surface area (Å²) in [4.78, 5) is 24.0. The number of hydrogen-bond acceptors (Lipinski definition) is 5. The minimum atomic E-state index is -5.09. The van der Waals surface area contributed by atoms with Crippen molar-refractivity contribution < 1.29 is 40.6 Å². The zero-order chi connectivity index (χ0) is 33.8. The average molecular weight is 673 g/mol. The molecule has 248 valence electrons. The fourth-order valence-corrected chi connectivity index (χ4v) is 6.55. The molecule has 1 aromatic heterocycles. The van der Waals surface area contributed by atoms with Gasteiger partial charge < -0.3 is 14.9 Å². The Morgan fingerprint density at radius 3 is 2.20 bits per heavy atom. The lowest BCUT2D eigenvalue weighted by molar-refractivity contribution is -0.143. The molecule has 2 aliphatic heterocycles. The number of amides is 1. The van der Waals surface area contributed by atoms with Crippen molar-refractivity contribution in [3.8, 4) is 11.1 Å². The fourth-order valence-electron chi connectivity index (χ4n) is 6.28. The van der Waals surface area contributed by atoms with Crippen molar-refractivity contribution in [1.82, 2.24) is 9.88 Å². The van der Waals surface area contributed by atoms with Gasteiger partial charge in [0.2, 0.25) is 5.91 Å². The number of rotatable bonds is 6. The molecule has 46 heavy (non-hydrogen) atoms. The summed E-state index contributed by atoms with van der Waals surface area (Å²) in [6.45, 7) is 4.44. The Morgan fingerprint density at radius 2 is 1.61 bits per heavy atom. The first kappa shape index (κ1) is 33.9. The topological polar surface area (TPSA) is 59.9 Å². The van der Waals surface area contributed by atoms with Gasteiger partial charge in [-0.3, -0.25) is 9.69 Å². The van der Waals surface area contributed by atoms with Crippen LogP contribution in [0.5, 0.6) is 0 Å². The van der Waals surface area contributed by atoms with Gasteiger partial charge in [-0.15, -0.1) is 0 Å². The second kappa shape index (κ2) is 12.3. The SMILES string of the molecule is CN(C(=O)C(C)(C)c1cc(C(F)(F)F)cc(C(F)(F)F)c1)c1cnc(N2C[C@H]3CCCN3C[C@@H]2CO)cc1-c1ccc(F)cc1Cl. The standard InChI is InChI=1S/C32H32ClF7N4O2/c1-30(2,18-9-19(31(35,36)37)11-20(10-18)32(38,39)40)29(46)42(3)27-14-41-28(13-25(27)24-7-6-21(34)12-26(24)33)44-16-22-5-4-8-43(22)15-23(44)17-45/h6-7,9-14,22-23,45H,4-5,8,15-17H2,1-3H3/t22-,23-/m1/s1. The Balaban J connectivity index is 1.59. The highest BCUT2D eigenvalue weighted by Gasteiger charge is 2.42. The summed E-state index contributed by atoms with van der Waals surface area (Å²) in [5, 5.41) is 10.2. The summed E-state index contributed by atoms with van der Waals surface area (Å²) < 4.78 is 95.9. The first-order valence-electron chi connectivity index (χ1n) is 14.6. The van der Waals surface area contributed by atoms with Gasteiger partial charge in [0.1, 0.15) is 11.6 Å². The Labute approximate surface area is 266 Å². The van der Waals surface area contributed by atoms with Gasteiger partial charge in [-0.25, -0.2) is 9.37 Å². The van der Waals surface area contributed by atoms with E-state index in [-0.39, 0.29) is 35.5 Å². The van der Waals surface area contributed by atoms with E-state index < -0.39 is 46.2 Å². The van der Waals surface area contributed by atoms with Gasteiger partial charge in [0.25, 0.3) is 0 Å². The maximum atomic E-state index is 14.1. The molecule has 1 amide bonds. The monoisotopic (exact) mass is 672 g/mol. The van der Waals surface area contributed by atoms with Crippen LogP contribution in [-0.4, -0.2) is 66.3 Å². The quantitative estimate of drug-likeness (QED) is 0.282. The van der Waals surface area contributed by atoms with Crippen LogP contribution in [-0.2, 0) is 22.6 Å². The summed E-state index contributed by atoms with van der Waals surface area (Å²) in [7, 11) is 1.33. The number of carbonyl (C=O) groups is 1. The Morgan fingerprint density at radius 1 is 0.978 bits per heavy atom. The third kappa shape index (κ3) is 6.54. The molecular formula is C32H32ClF7N4O2. The third-order valence-electron chi connectivity index (χ3n) is 8.90. The molecule has 0 radical (unpaired) electrons. The summed E-state index contributed by atoms with van der Waals surface area (Å²) >= 11 is 6.46. The summed E-state index contributed by atoms with van der Waals surface area (Å²) in [6.07, 6.45) is -6.83. The molecule has 14 heteroatoms. The Hall–Kier alpha value is -3.42. The number of nitrogens with zero attached hydrogens (tertiary/aromatic N) is 4. The number of likely N-dealkylation sites (N-methyl/N-ethyl adjacent to an activating group) is 1. The minimum absolute atomic E-state index is 0.00512. The van der Waals surface area contributed by atoms with Gasteiger partial charge in [-0.1, -0.05) is 11.6 Å². The average Bonchev–Trinajstić information content (AvgIpc) is 3.46. The molecule has 3 heterocycles. The molecule has 0 spiro atoms. The van der Waals surface area contributed by atoms with E-state index in [9.17, 15) is 40.6 Å². The fraction of sp³-hybridized carbons (Fsp3) is 0.438. The molecule has 2 fully saturated rings. The van der Waals surface area contributed by atoms with Gasteiger partial charge in [0.15, 0.2) is 0 Å². The molecule has 0 aliphatic carbocycles. The largest absolute Gasteiger partial charge is 0.416 e. The van der Waals surface area contributed by atoms with E-state index in [1.54, 1.807) is 6.07 Å². The van der Waals surface area contributed by atoms with Gasteiger partial charge in [-0.2, -0.15) is 26.3 Å². The van der Waals surface area contributed by atoms with Crippen molar-refractivity contribution in [2.24, 2.45) is 0 Å². The van der Waals surface area contributed by atoms with Crippen LogP contribution in [0.1, 0.15) is 43.4 Å². The predicted octanol–water partition coefficient (Wildman–Crippen LogP) is 7.16. The molecule has 3 aromatic rings.